The van der Waals surface area contributed by atoms with Gasteiger partial charge in [0.2, 0.25) is 0 Å². The summed E-state index contributed by atoms with van der Waals surface area (Å²) in [6, 6.07) is 12.4. The molecule has 4 aromatic rings. The summed E-state index contributed by atoms with van der Waals surface area (Å²) < 4.78 is 40.2. The number of benzene rings is 2. The maximum Gasteiger partial charge on any atom is 0.416 e. The average Bonchev–Trinajstić information content (AvgIpc) is 2.94. The predicted octanol–water partition coefficient (Wildman–Crippen LogP) is 4.15. The van der Waals surface area contributed by atoms with Crippen LogP contribution in [0.15, 0.2) is 54.7 Å². The van der Waals surface area contributed by atoms with E-state index in [1.165, 1.54) is 16.8 Å². The van der Waals surface area contributed by atoms with Gasteiger partial charge in [0.05, 0.1) is 11.1 Å². The third-order valence-electron chi connectivity index (χ3n) is 3.87. The number of halogens is 3. The van der Waals surface area contributed by atoms with E-state index in [-0.39, 0.29) is 5.82 Å². The molecule has 0 bridgehead atoms. The molecule has 2 aromatic heterocycles. The topological polar surface area (TPSA) is 56.2 Å². The molecule has 2 heterocycles. The lowest BCUT2D eigenvalue weighted by molar-refractivity contribution is -0.137. The van der Waals surface area contributed by atoms with Crippen LogP contribution in [0.4, 0.5) is 19.0 Å². The van der Waals surface area contributed by atoms with Crippen molar-refractivity contribution >= 4 is 22.4 Å². The van der Waals surface area contributed by atoms with Gasteiger partial charge in [-0.2, -0.15) is 22.8 Å². The lowest BCUT2D eigenvalue weighted by atomic mass is 10.0. The van der Waals surface area contributed by atoms with Crippen molar-refractivity contribution in [2.45, 2.75) is 6.18 Å². The lowest BCUT2D eigenvalue weighted by Gasteiger charge is -2.10. The summed E-state index contributed by atoms with van der Waals surface area (Å²) in [7, 11) is 0. The van der Waals surface area contributed by atoms with Gasteiger partial charge in [-0.25, -0.2) is 4.98 Å². The molecule has 0 radical (unpaired) electrons. The summed E-state index contributed by atoms with van der Waals surface area (Å²) in [5.41, 5.74) is 7.46. The van der Waals surface area contributed by atoms with Crippen LogP contribution >= 0.6 is 0 Å². The molecule has 120 valence electrons. The SMILES string of the molecule is Nc1c(-c2cccc(C(F)(F)F)c2)cnc2c3ccccc3nn12. The number of rotatable bonds is 1. The number of nitrogens with two attached hydrogens (primary N) is 1. The normalized spacial score (nSPS) is 12.1. The van der Waals surface area contributed by atoms with E-state index in [9.17, 15) is 13.2 Å². The van der Waals surface area contributed by atoms with E-state index in [1.54, 1.807) is 6.07 Å². The van der Waals surface area contributed by atoms with Crippen LogP contribution in [0.1, 0.15) is 5.56 Å². The van der Waals surface area contributed by atoms with E-state index in [4.69, 9.17) is 5.73 Å². The second kappa shape index (κ2) is 4.95. The van der Waals surface area contributed by atoms with Gasteiger partial charge in [-0.1, -0.05) is 24.3 Å². The molecule has 24 heavy (non-hydrogen) atoms. The molecule has 0 saturated heterocycles. The van der Waals surface area contributed by atoms with Crippen molar-refractivity contribution in [3.05, 3.63) is 60.3 Å². The molecule has 4 rings (SSSR count). The van der Waals surface area contributed by atoms with Gasteiger partial charge >= 0.3 is 6.18 Å². The first-order chi connectivity index (χ1) is 11.4. The fourth-order valence-electron chi connectivity index (χ4n) is 2.70. The van der Waals surface area contributed by atoms with Gasteiger partial charge < -0.3 is 5.73 Å². The fourth-order valence-corrected chi connectivity index (χ4v) is 2.70. The zero-order chi connectivity index (χ0) is 16.9. The first-order valence-corrected chi connectivity index (χ1v) is 7.15. The molecule has 0 aliphatic carbocycles. The van der Waals surface area contributed by atoms with Crippen LogP contribution in [0.5, 0.6) is 0 Å². The highest BCUT2D eigenvalue weighted by atomic mass is 19.4. The van der Waals surface area contributed by atoms with Crippen molar-refractivity contribution in [3.8, 4) is 11.1 Å². The van der Waals surface area contributed by atoms with Crippen molar-refractivity contribution in [2.24, 2.45) is 0 Å². The molecule has 0 fully saturated rings. The van der Waals surface area contributed by atoms with Gasteiger partial charge in [0.15, 0.2) is 5.65 Å². The zero-order valence-electron chi connectivity index (χ0n) is 12.2. The number of hydrogen-bond donors (Lipinski definition) is 1. The summed E-state index contributed by atoms with van der Waals surface area (Å²) >= 11 is 0. The van der Waals surface area contributed by atoms with E-state index in [0.717, 1.165) is 23.0 Å². The Bertz CT molecular complexity index is 1070. The third-order valence-corrected chi connectivity index (χ3v) is 3.87. The molecule has 2 aromatic carbocycles. The molecule has 0 unspecified atom stereocenters. The Kier molecular flexibility index (Phi) is 2.99. The first kappa shape index (κ1) is 14.5. The minimum atomic E-state index is -4.41. The third kappa shape index (κ3) is 2.17. The van der Waals surface area contributed by atoms with Crippen LogP contribution in [0, 0.1) is 0 Å². The Labute approximate surface area is 134 Å². The number of nitrogen functional groups attached to an aromatic ring is 1. The predicted molar refractivity (Wildman–Crippen MR) is 85.3 cm³/mol. The molecule has 0 aliphatic rings. The molecule has 0 aliphatic heterocycles. The minimum Gasteiger partial charge on any atom is -0.383 e. The molecule has 0 amide bonds. The van der Waals surface area contributed by atoms with Crippen LogP contribution in [0.3, 0.4) is 0 Å². The Morgan fingerprint density at radius 2 is 1.79 bits per heavy atom. The van der Waals surface area contributed by atoms with Gasteiger partial charge in [0.1, 0.15) is 5.82 Å². The number of hydrogen-bond acceptors (Lipinski definition) is 3. The van der Waals surface area contributed by atoms with E-state index in [2.05, 4.69) is 10.1 Å². The van der Waals surface area contributed by atoms with E-state index in [0.29, 0.717) is 16.8 Å². The van der Waals surface area contributed by atoms with Crippen molar-refractivity contribution in [3.63, 3.8) is 0 Å². The van der Waals surface area contributed by atoms with Crippen LogP contribution in [0.25, 0.3) is 27.7 Å². The Morgan fingerprint density at radius 3 is 2.58 bits per heavy atom. The van der Waals surface area contributed by atoms with E-state index in [1.807, 2.05) is 24.3 Å². The van der Waals surface area contributed by atoms with Crippen molar-refractivity contribution < 1.29 is 13.2 Å². The number of alkyl halides is 3. The molecule has 2 N–H and O–H groups in total. The minimum absolute atomic E-state index is 0.246. The van der Waals surface area contributed by atoms with Crippen LogP contribution in [-0.4, -0.2) is 14.6 Å². The summed E-state index contributed by atoms with van der Waals surface area (Å²) in [6.45, 7) is 0. The molecule has 7 heteroatoms. The highest BCUT2D eigenvalue weighted by Gasteiger charge is 2.30. The molecular weight excluding hydrogens is 317 g/mol. The Balaban J connectivity index is 1.95. The molecule has 0 saturated carbocycles. The van der Waals surface area contributed by atoms with Crippen LogP contribution < -0.4 is 5.73 Å². The second-order valence-corrected chi connectivity index (χ2v) is 5.39. The molecular formula is C17H11F3N4. The quantitative estimate of drug-likeness (QED) is 0.571. The first-order valence-electron chi connectivity index (χ1n) is 7.15. The Hall–Kier alpha value is -3.09. The maximum absolute atomic E-state index is 12.9. The highest BCUT2D eigenvalue weighted by molar-refractivity contribution is 5.93. The van der Waals surface area contributed by atoms with Gasteiger partial charge in [-0.05, 0) is 29.8 Å². The van der Waals surface area contributed by atoms with E-state index < -0.39 is 11.7 Å². The number of nitrogens with zero attached hydrogens (tertiary/aromatic N) is 3. The van der Waals surface area contributed by atoms with Gasteiger partial charge in [0.25, 0.3) is 0 Å². The summed E-state index contributed by atoms with van der Waals surface area (Å²) in [4.78, 5) is 4.34. The van der Waals surface area contributed by atoms with Gasteiger partial charge in [-0.15, -0.1) is 0 Å². The number of fused-ring (bicyclic) bond motifs is 3. The lowest BCUT2D eigenvalue weighted by Crippen LogP contribution is -2.06. The number of aromatic nitrogens is 3. The van der Waals surface area contributed by atoms with E-state index >= 15 is 0 Å². The van der Waals surface area contributed by atoms with Gasteiger partial charge in [-0.3, -0.25) is 0 Å². The van der Waals surface area contributed by atoms with Crippen molar-refractivity contribution in [1.29, 1.82) is 0 Å². The van der Waals surface area contributed by atoms with Crippen LogP contribution in [0.2, 0.25) is 0 Å². The largest absolute Gasteiger partial charge is 0.416 e. The summed E-state index contributed by atoms with van der Waals surface area (Å²) in [6.07, 6.45) is -2.93. The molecule has 0 spiro atoms. The second-order valence-electron chi connectivity index (χ2n) is 5.39. The molecule has 4 nitrogen and oxygen atoms in total. The fraction of sp³-hybridized carbons (Fsp3) is 0.0588. The highest BCUT2D eigenvalue weighted by Crippen LogP contribution is 2.34. The van der Waals surface area contributed by atoms with Crippen molar-refractivity contribution in [2.75, 3.05) is 5.73 Å². The zero-order valence-corrected chi connectivity index (χ0v) is 12.2. The Morgan fingerprint density at radius 1 is 1.00 bits per heavy atom. The summed E-state index contributed by atoms with van der Waals surface area (Å²) in [5, 5.41) is 5.21. The monoisotopic (exact) mass is 328 g/mol. The van der Waals surface area contributed by atoms with Gasteiger partial charge in [0, 0.05) is 17.1 Å². The van der Waals surface area contributed by atoms with Crippen molar-refractivity contribution in [1.82, 2.24) is 14.6 Å². The summed E-state index contributed by atoms with van der Waals surface area (Å²) in [5.74, 6) is 0.246. The van der Waals surface area contributed by atoms with Crippen LogP contribution in [-0.2, 0) is 6.18 Å². The molecule has 0 atom stereocenters. The standard InChI is InChI=1S/C17H11F3N4/c18-17(19,20)11-5-3-4-10(8-11)13-9-22-16-12-6-1-2-7-14(12)23-24(16)15(13)21/h1-9H,21H2. The maximum atomic E-state index is 12.9. The smallest absolute Gasteiger partial charge is 0.383 e. The average molecular weight is 328 g/mol. The number of anilines is 1.